The molecule has 1 aromatic carbocycles. The highest BCUT2D eigenvalue weighted by atomic mass is 35.5. The number of aromatic nitrogens is 1. The van der Waals surface area contributed by atoms with Crippen LogP contribution in [0, 0.1) is 0 Å². The number of halogens is 1. The third-order valence-electron chi connectivity index (χ3n) is 3.04. The predicted octanol–water partition coefficient (Wildman–Crippen LogP) is 3.11. The molecular formula is C16H18ClN3O2S. The van der Waals surface area contributed by atoms with Gasteiger partial charge in [0.2, 0.25) is 5.91 Å². The monoisotopic (exact) mass is 351 g/mol. The van der Waals surface area contributed by atoms with Gasteiger partial charge in [0.15, 0.2) is 0 Å². The molecule has 2 N–H and O–H groups in total. The number of amides is 2. The summed E-state index contributed by atoms with van der Waals surface area (Å²) in [6.07, 6.45) is 1.16. The van der Waals surface area contributed by atoms with Crippen molar-refractivity contribution in [2.24, 2.45) is 0 Å². The summed E-state index contributed by atoms with van der Waals surface area (Å²) in [5, 5.41) is 8.58. The molecule has 0 aliphatic heterocycles. The number of hydrogen-bond donors (Lipinski definition) is 2. The van der Waals surface area contributed by atoms with Gasteiger partial charge in [-0.05, 0) is 18.6 Å². The van der Waals surface area contributed by atoms with E-state index in [9.17, 15) is 9.59 Å². The Labute approximate surface area is 144 Å². The zero-order valence-corrected chi connectivity index (χ0v) is 14.3. The van der Waals surface area contributed by atoms with Crippen molar-refractivity contribution < 1.29 is 9.59 Å². The van der Waals surface area contributed by atoms with Crippen molar-refractivity contribution in [1.29, 1.82) is 0 Å². The lowest BCUT2D eigenvalue weighted by molar-refractivity contribution is -0.120. The molecule has 2 amide bonds. The van der Waals surface area contributed by atoms with Crippen molar-refractivity contribution in [3.8, 4) is 10.6 Å². The van der Waals surface area contributed by atoms with E-state index in [-0.39, 0.29) is 18.2 Å². The summed E-state index contributed by atoms with van der Waals surface area (Å²) in [7, 11) is 0. The van der Waals surface area contributed by atoms with Gasteiger partial charge in [-0.15, -0.1) is 11.3 Å². The Balaban J connectivity index is 1.86. The van der Waals surface area contributed by atoms with Crippen molar-refractivity contribution in [3.63, 3.8) is 0 Å². The maximum atomic E-state index is 12.0. The lowest BCUT2D eigenvalue weighted by Crippen LogP contribution is -2.31. The van der Waals surface area contributed by atoms with Gasteiger partial charge < -0.3 is 10.6 Å². The first-order chi connectivity index (χ1) is 11.1. The molecule has 23 heavy (non-hydrogen) atoms. The van der Waals surface area contributed by atoms with Gasteiger partial charge in [-0.2, -0.15) is 0 Å². The Morgan fingerprint density at radius 2 is 1.91 bits per heavy atom. The fourth-order valence-corrected chi connectivity index (χ4v) is 2.77. The molecule has 5 nitrogen and oxygen atoms in total. The van der Waals surface area contributed by atoms with Gasteiger partial charge in [-0.3, -0.25) is 9.59 Å². The van der Waals surface area contributed by atoms with E-state index in [1.165, 1.54) is 11.3 Å². The minimum Gasteiger partial charge on any atom is -0.356 e. The van der Waals surface area contributed by atoms with E-state index >= 15 is 0 Å². The van der Waals surface area contributed by atoms with Crippen LogP contribution in [0.25, 0.3) is 10.6 Å². The van der Waals surface area contributed by atoms with Crippen molar-refractivity contribution in [3.05, 3.63) is 40.4 Å². The SMILES string of the molecule is CCCNC(=O)CCNC(=O)c1csc(-c2ccc(Cl)cc2)n1. The van der Waals surface area contributed by atoms with Crippen LogP contribution in [-0.2, 0) is 4.79 Å². The molecule has 0 saturated carbocycles. The van der Waals surface area contributed by atoms with E-state index in [0.717, 1.165) is 17.0 Å². The van der Waals surface area contributed by atoms with Gasteiger partial charge in [0.05, 0.1) is 0 Å². The quantitative estimate of drug-likeness (QED) is 0.805. The molecule has 122 valence electrons. The van der Waals surface area contributed by atoms with Crippen LogP contribution in [0.5, 0.6) is 0 Å². The molecule has 7 heteroatoms. The number of nitrogens with zero attached hydrogens (tertiary/aromatic N) is 1. The summed E-state index contributed by atoms with van der Waals surface area (Å²) >= 11 is 7.25. The van der Waals surface area contributed by atoms with Crippen LogP contribution in [0.2, 0.25) is 5.02 Å². The summed E-state index contributed by atoms with van der Waals surface area (Å²) in [5.74, 6) is -0.336. The molecule has 0 atom stereocenters. The van der Waals surface area contributed by atoms with Crippen molar-refractivity contribution in [1.82, 2.24) is 15.6 Å². The normalized spacial score (nSPS) is 10.3. The van der Waals surface area contributed by atoms with Crippen LogP contribution in [0.15, 0.2) is 29.6 Å². The first-order valence-corrected chi connectivity index (χ1v) is 8.62. The van der Waals surface area contributed by atoms with Crippen molar-refractivity contribution in [2.45, 2.75) is 19.8 Å². The van der Waals surface area contributed by atoms with E-state index < -0.39 is 0 Å². The van der Waals surface area contributed by atoms with Crippen LogP contribution in [0.4, 0.5) is 0 Å². The van der Waals surface area contributed by atoms with Crippen LogP contribution in [-0.4, -0.2) is 29.9 Å². The van der Waals surface area contributed by atoms with Crippen LogP contribution < -0.4 is 10.6 Å². The number of nitrogens with one attached hydrogen (secondary N) is 2. The van der Waals surface area contributed by atoms with Gasteiger partial charge in [0, 0.05) is 35.5 Å². The molecule has 0 bridgehead atoms. The third kappa shape index (κ3) is 5.33. The largest absolute Gasteiger partial charge is 0.356 e. The molecule has 0 unspecified atom stereocenters. The first kappa shape index (κ1) is 17.4. The fraction of sp³-hybridized carbons (Fsp3) is 0.312. The van der Waals surface area contributed by atoms with Crippen LogP contribution in [0.3, 0.4) is 0 Å². The Bertz CT molecular complexity index is 670. The van der Waals surface area contributed by atoms with Gasteiger partial charge >= 0.3 is 0 Å². The summed E-state index contributed by atoms with van der Waals surface area (Å²) in [5.41, 5.74) is 1.27. The van der Waals surface area contributed by atoms with Gasteiger partial charge in [-0.25, -0.2) is 4.98 Å². The van der Waals surface area contributed by atoms with Crippen molar-refractivity contribution in [2.75, 3.05) is 13.1 Å². The molecule has 0 fully saturated rings. The lowest BCUT2D eigenvalue weighted by Gasteiger charge is -2.04. The number of hydrogen-bond acceptors (Lipinski definition) is 4. The highest BCUT2D eigenvalue weighted by molar-refractivity contribution is 7.13. The van der Waals surface area contributed by atoms with Gasteiger partial charge in [0.25, 0.3) is 5.91 Å². The zero-order chi connectivity index (χ0) is 16.7. The molecule has 2 aromatic rings. The van der Waals surface area contributed by atoms with Gasteiger partial charge in [-0.1, -0.05) is 30.7 Å². The lowest BCUT2D eigenvalue weighted by atomic mass is 10.2. The zero-order valence-electron chi connectivity index (χ0n) is 12.8. The molecule has 0 spiro atoms. The maximum absolute atomic E-state index is 12.0. The number of benzene rings is 1. The molecule has 0 saturated heterocycles. The summed E-state index contributed by atoms with van der Waals surface area (Å²) in [6, 6.07) is 7.29. The number of rotatable bonds is 7. The van der Waals surface area contributed by atoms with E-state index in [2.05, 4.69) is 15.6 Å². The Hall–Kier alpha value is -1.92. The minimum atomic E-state index is -0.273. The topological polar surface area (TPSA) is 71.1 Å². The number of carbonyl (C=O) groups excluding carboxylic acids is 2. The molecular weight excluding hydrogens is 334 g/mol. The van der Waals surface area contributed by atoms with E-state index in [1.807, 2.05) is 19.1 Å². The van der Waals surface area contributed by atoms with Crippen LogP contribution >= 0.6 is 22.9 Å². The maximum Gasteiger partial charge on any atom is 0.270 e. The smallest absolute Gasteiger partial charge is 0.270 e. The highest BCUT2D eigenvalue weighted by Crippen LogP contribution is 2.25. The Morgan fingerprint density at radius 3 is 2.61 bits per heavy atom. The van der Waals surface area contributed by atoms with Crippen LogP contribution in [0.1, 0.15) is 30.3 Å². The Morgan fingerprint density at radius 1 is 1.17 bits per heavy atom. The molecule has 2 rings (SSSR count). The first-order valence-electron chi connectivity index (χ1n) is 7.36. The summed E-state index contributed by atoms with van der Waals surface area (Å²) in [6.45, 7) is 2.94. The van der Waals surface area contributed by atoms with E-state index in [0.29, 0.717) is 23.8 Å². The average Bonchev–Trinajstić information content (AvgIpc) is 3.03. The molecule has 0 aliphatic rings. The molecule has 1 aromatic heterocycles. The second-order valence-corrected chi connectivity index (χ2v) is 6.20. The average molecular weight is 352 g/mol. The van der Waals surface area contributed by atoms with E-state index in [4.69, 9.17) is 11.6 Å². The van der Waals surface area contributed by atoms with E-state index in [1.54, 1.807) is 17.5 Å². The van der Waals surface area contributed by atoms with Gasteiger partial charge in [0.1, 0.15) is 10.7 Å². The number of thiazole rings is 1. The Kier molecular flexibility index (Phi) is 6.55. The second-order valence-electron chi connectivity index (χ2n) is 4.90. The molecule has 0 radical (unpaired) electrons. The summed E-state index contributed by atoms with van der Waals surface area (Å²) in [4.78, 5) is 27.8. The third-order valence-corrected chi connectivity index (χ3v) is 4.18. The minimum absolute atomic E-state index is 0.0627. The standard InChI is InChI=1S/C16H18ClN3O2S/c1-2-8-18-14(21)7-9-19-15(22)13-10-23-16(20-13)11-3-5-12(17)6-4-11/h3-6,10H,2,7-9H2,1H3,(H,18,21)(H,19,22). The predicted molar refractivity (Wildman–Crippen MR) is 92.8 cm³/mol. The summed E-state index contributed by atoms with van der Waals surface area (Å²) < 4.78 is 0. The number of carbonyl (C=O) groups is 2. The molecule has 1 heterocycles. The highest BCUT2D eigenvalue weighted by Gasteiger charge is 2.12. The fourth-order valence-electron chi connectivity index (χ4n) is 1.84. The van der Waals surface area contributed by atoms with Crippen molar-refractivity contribution >= 4 is 34.8 Å². The molecule has 0 aliphatic carbocycles. The second kappa shape index (κ2) is 8.64.